The summed E-state index contributed by atoms with van der Waals surface area (Å²) in [6, 6.07) is 12.5. The zero-order valence-corrected chi connectivity index (χ0v) is 16.2. The van der Waals surface area contributed by atoms with Crippen molar-refractivity contribution in [3.8, 4) is 5.88 Å². The first-order chi connectivity index (χ1) is 13.1. The third-order valence-electron chi connectivity index (χ3n) is 4.72. The minimum Gasteiger partial charge on any atom is -0.473 e. The van der Waals surface area contributed by atoms with E-state index in [4.69, 9.17) is 4.74 Å². The molecule has 6 nitrogen and oxygen atoms in total. The molecule has 27 heavy (non-hydrogen) atoms. The van der Waals surface area contributed by atoms with Crippen molar-refractivity contribution in [2.75, 3.05) is 11.9 Å². The van der Waals surface area contributed by atoms with E-state index in [0.717, 1.165) is 35.3 Å². The van der Waals surface area contributed by atoms with Crippen LogP contribution in [-0.2, 0) is 11.3 Å². The lowest BCUT2D eigenvalue weighted by atomic mass is 10.2. The fraction of sp³-hybridized carbons (Fsp3) is 0.350. The molecule has 3 aromatic rings. The number of amides is 1. The van der Waals surface area contributed by atoms with E-state index in [-0.39, 0.29) is 12.0 Å². The molecule has 1 fully saturated rings. The Kier molecular flexibility index (Phi) is 5.05. The van der Waals surface area contributed by atoms with Crippen LogP contribution >= 0.6 is 11.3 Å². The molecule has 1 aliphatic heterocycles. The molecule has 1 aromatic carbocycles. The first-order valence-electron chi connectivity index (χ1n) is 9.05. The summed E-state index contributed by atoms with van der Waals surface area (Å²) in [5.41, 5.74) is 0.952. The van der Waals surface area contributed by atoms with Gasteiger partial charge in [0, 0.05) is 55.0 Å². The predicted molar refractivity (Wildman–Crippen MR) is 107 cm³/mol. The first-order valence-corrected chi connectivity index (χ1v) is 9.87. The number of anilines is 1. The number of ether oxygens (including phenoxy) is 1. The van der Waals surface area contributed by atoms with Crippen molar-refractivity contribution in [3.05, 3.63) is 47.5 Å². The predicted octanol–water partition coefficient (Wildman–Crippen LogP) is 3.69. The van der Waals surface area contributed by atoms with Crippen LogP contribution in [0.2, 0.25) is 0 Å². The molecule has 0 saturated carbocycles. The second-order valence-corrected chi connectivity index (χ2v) is 8.02. The van der Waals surface area contributed by atoms with Gasteiger partial charge < -0.3 is 10.1 Å². The molecule has 3 heterocycles. The highest BCUT2D eigenvalue weighted by atomic mass is 32.1. The summed E-state index contributed by atoms with van der Waals surface area (Å²) in [6.07, 6.45) is 2.92. The van der Waals surface area contributed by atoms with Crippen LogP contribution in [0.4, 0.5) is 5.13 Å². The Morgan fingerprint density at radius 3 is 3.04 bits per heavy atom. The number of hydrogen-bond donors (Lipinski definition) is 1. The number of pyridine rings is 1. The highest BCUT2D eigenvalue weighted by Gasteiger charge is 2.31. The summed E-state index contributed by atoms with van der Waals surface area (Å²) in [5, 5.41) is 4.50. The molecule has 0 spiro atoms. The van der Waals surface area contributed by atoms with Crippen LogP contribution in [0.3, 0.4) is 0 Å². The van der Waals surface area contributed by atoms with E-state index in [0.29, 0.717) is 17.1 Å². The molecule has 0 radical (unpaired) electrons. The summed E-state index contributed by atoms with van der Waals surface area (Å²) >= 11 is 1.52. The maximum absolute atomic E-state index is 11.1. The van der Waals surface area contributed by atoms with Crippen molar-refractivity contribution >= 4 is 33.3 Å². The van der Waals surface area contributed by atoms with Crippen molar-refractivity contribution in [1.82, 2.24) is 14.9 Å². The van der Waals surface area contributed by atoms with E-state index in [1.165, 1.54) is 18.3 Å². The Bertz CT molecular complexity index is 958. The van der Waals surface area contributed by atoms with Crippen LogP contribution in [0.5, 0.6) is 5.88 Å². The minimum absolute atomic E-state index is 0.0956. The largest absolute Gasteiger partial charge is 0.473 e. The average Bonchev–Trinajstić information content (AvgIpc) is 3.21. The molecule has 1 N–H and O–H groups in total. The Labute approximate surface area is 162 Å². The van der Waals surface area contributed by atoms with Gasteiger partial charge in [0.1, 0.15) is 6.10 Å². The van der Waals surface area contributed by atoms with Gasteiger partial charge in [0.05, 0.1) is 5.52 Å². The number of fused-ring (bicyclic) bond motifs is 1. The summed E-state index contributed by atoms with van der Waals surface area (Å²) in [6.45, 7) is 5.37. The number of rotatable bonds is 5. The summed E-state index contributed by atoms with van der Waals surface area (Å²) < 4.78 is 6.16. The van der Waals surface area contributed by atoms with Crippen molar-refractivity contribution < 1.29 is 9.53 Å². The summed E-state index contributed by atoms with van der Waals surface area (Å²) in [4.78, 5) is 23.5. The Morgan fingerprint density at radius 2 is 2.19 bits per heavy atom. The van der Waals surface area contributed by atoms with Crippen LogP contribution in [-0.4, -0.2) is 39.5 Å². The van der Waals surface area contributed by atoms with Gasteiger partial charge in [-0.25, -0.2) is 9.97 Å². The Balaban J connectivity index is 1.38. The zero-order valence-electron chi connectivity index (χ0n) is 15.4. The molecule has 1 aliphatic rings. The van der Waals surface area contributed by atoms with Crippen LogP contribution in [0.1, 0.15) is 25.1 Å². The number of para-hydroxylation sites is 1. The van der Waals surface area contributed by atoms with Crippen molar-refractivity contribution in [1.29, 1.82) is 0 Å². The number of nitrogens with zero attached hydrogens (tertiary/aromatic N) is 3. The normalized spacial score (nSPS) is 20.1. The average molecular weight is 382 g/mol. The monoisotopic (exact) mass is 382 g/mol. The summed E-state index contributed by atoms with van der Waals surface area (Å²) in [5.74, 6) is 0.584. The number of carbonyl (C=O) groups excluding carboxylic acids is 1. The van der Waals surface area contributed by atoms with Crippen LogP contribution in [0.25, 0.3) is 10.9 Å². The molecule has 1 saturated heterocycles. The SMILES string of the molecule is CC(=O)Nc1ncc(CN2CC(Oc3ccc4ccccc4n3)CC2C)s1. The number of aromatic nitrogens is 2. The fourth-order valence-electron chi connectivity index (χ4n) is 3.42. The van der Waals surface area contributed by atoms with E-state index in [1.807, 2.05) is 30.5 Å². The molecule has 1 amide bonds. The van der Waals surface area contributed by atoms with Gasteiger partial charge in [0.2, 0.25) is 11.8 Å². The molecule has 2 atom stereocenters. The molecular weight excluding hydrogens is 360 g/mol. The van der Waals surface area contributed by atoms with Crippen LogP contribution in [0, 0.1) is 0 Å². The topological polar surface area (TPSA) is 67.4 Å². The van der Waals surface area contributed by atoms with Crippen LogP contribution < -0.4 is 10.1 Å². The smallest absolute Gasteiger partial charge is 0.223 e. The lowest BCUT2D eigenvalue weighted by Crippen LogP contribution is -2.27. The number of carbonyl (C=O) groups is 1. The van der Waals surface area contributed by atoms with Crippen molar-refractivity contribution in [2.24, 2.45) is 0 Å². The van der Waals surface area contributed by atoms with E-state index in [9.17, 15) is 4.79 Å². The van der Waals surface area contributed by atoms with Gasteiger partial charge in [-0.2, -0.15) is 0 Å². The van der Waals surface area contributed by atoms with Gasteiger partial charge in [-0.05, 0) is 19.1 Å². The highest BCUT2D eigenvalue weighted by molar-refractivity contribution is 7.15. The minimum atomic E-state index is -0.0956. The quantitative estimate of drug-likeness (QED) is 0.729. The van der Waals surface area contributed by atoms with Crippen LogP contribution in [0.15, 0.2) is 42.6 Å². The second kappa shape index (κ2) is 7.62. The third-order valence-corrected chi connectivity index (χ3v) is 5.62. The Hall–Kier alpha value is -2.51. The number of thiazole rings is 1. The fourth-order valence-corrected chi connectivity index (χ4v) is 4.31. The molecule has 0 bridgehead atoms. The molecule has 4 rings (SSSR count). The number of nitrogens with one attached hydrogen (secondary N) is 1. The number of likely N-dealkylation sites (tertiary alicyclic amines) is 1. The molecule has 140 valence electrons. The molecule has 2 unspecified atom stereocenters. The van der Waals surface area contributed by atoms with Gasteiger partial charge >= 0.3 is 0 Å². The highest BCUT2D eigenvalue weighted by Crippen LogP contribution is 2.27. The molecule has 0 aliphatic carbocycles. The van der Waals surface area contributed by atoms with Gasteiger partial charge in [-0.3, -0.25) is 9.69 Å². The zero-order chi connectivity index (χ0) is 18.8. The first kappa shape index (κ1) is 17.9. The van der Waals surface area contributed by atoms with Gasteiger partial charge in [-0.15, -0.1) is 11.3 Å². The second-order valence-electron chi connectivity index (χ2n) is 6.91. The van der Waals surface area contributed by atoms with Crippen molar-refractivity contribution in [3.63, 3.8) is 0 Å². The maximum Gasteiger partial charge on any atom is 0.223 e. The van der Waals surface area contributed by atoms with E-state index >= 15 is 0 Å². The number of hydrogen-bond acceptors (Lipinski definition) is 6. The maximum atomic E-state index is 11.1. The van der Waals surface area contributed by atoms with E-state index < -0.39 is 0 Å². The van der Waals surface area contributed by atoms with Crippen molar-refractivity contribution in [2.45, 2.75) is 39.0 Å². The third kappa shape index (κ3) is 4.26. The molecule has 2 aromatic heterocycles. The van der Waals surface area contributed by atoms with E-state index in [2.05, 4.69) is 39.2 Å². The van der Waals surface area contributed by atoms with Gasteiger partial charge in [0.25, 0.3) is 0 Å². The lowest BCUT2D eigenvalue weighted by molar-refractivity contribution is -0.114. The molecular formula is C20H22N4O2S. The Morgan fingerprint density at radius 1 is 1.33 bits per heavy atom. The number of benzene rings is 1. The van der Waals surface area contributed by atoms with E-state index in [1.54, 1.807) is 0 Å². The van der Waals surface area contributed by atoms with Gasteiger partial charge in [-0.1, -0.05) is 18.2 Å². The molecule has 7 heteroatoms. The van der Waals surface area contributed by atoms with Gasteiger partial charge in [0.15, 0.2) is 5.13 Å². The summed E-state index contributed by atoms with van der Waals surface area (Å²) in [7, 11) is 0. The standard InChI is InChI=1S/C20H22N4O2S/c1-13-9-16(26-19-8-7-15-5-3-4-6-18(15)23-19)11-24(13)12-17-10-21-20(27-17)22-14(2)25/h3-8,10,13,16H,9,11-12H2,1-2H3,(H,21,22,25). The lowest BCUT2D eigenvalue weighted by Gasteiger charge is -2.19.